The van der Waals surface area contributed by atoms with Crippen LogP contribution in [-0.2, 0) is 11.3 Å². The van der Waals surface area contributed by atoms with Crippen LogP contribution in [0.3, 0.4) is 0 Å². The molecule has 2 aromatic carbocycles. The zero-order chi connectivity index (χ0) is 24.5. The van der Waals surface area contributed by atoms with Crippen molar-refractivity contribution in [1.29, 1.82) is 0 Å². The molecule has 0 saturated carbocycles. The zero-order valence-corrected chi connectivity index (χ0v) is 21.4. The van der Waals surface area contributed by atoms with Gasteiger partial charge in [0.25, 0.3) is 0 Å². The summed E-state index contributed by atoms with van der Waals surface area (Å²) in [5.74, 6) is 2.16. The van der Waals surface area contributed by atoms with Gasteiger partial charge in [-0.2, -0.15) is 0 Å². The Kier molecular flexibility index (Phi) is 6.50. The van der Waals surface area contributed by atoms with E-state index >= 15 is 0 Å². The normalized spacial score (nSPS) is 18.9. The molecule has 1 aromatic heterocycles. The minimum Gasteiger partial charge on any atom is -0.486 e. The molecule has 3 aliphatic heterocycles. The number of hydrogen-bond acceptors (Lipinski definition) is 6. The molecule has 36 heavy (non-hydrogen) atoms. The van der Waals surface area contributed by atoms with Crippen molar-refractivity contribution in [1.82, 2.24) is 9.88 Å². The lowest BCUT2D eigenvalue weighted by atomic mass is 9.78. The van der Waals surface area contributed by atoms with Crippen molar-refractivity contribution in [2.24, 2.45) is 5.41 Å². The number of benzene rings is 2. The average Bonchev–Trinajstić information content (AvgIpc) is 3.38. The number of piperidine rings is 1. The van der Waals surface area contributed by atoms with E-state index in [0.29, 0.717) is 29.5 Å². The van der Waals surface area contributed by atoms with Gasteiger partial charge in [-0.3, -0.25) is 4.90 Å². The van der Waals surface area contributed by atoms with E-state index in [0.717, 1.165) is 72.3 Å². The van der Waals surface area contributed by atoms with Crippen molar-refractivity contribution in [3.63, 3.8) is 0 Å². The molecule has 0 aliphatic carbocycles. The van der Waals surface area contributed by atoms with Crippen molar-refractivity contribution in [2.45, 2.75) is 25.8 Å². The lowest BCUT2D eigenvalue weighted by Crippen LogP contribution is -2.40. The van der Waals surface area contributed by atoms with E-state index in [1.54, 1.807) is 7.11 Å². The number of pyridine rings is 1. The van der Waals surface area contributed by atoms with Gasteiger partial charge in [0.05, 0.1) is 24.4 Å². The van der Waals surface area contributed by atoms with Gasteiger partial charge in [0.1, 0.15) is 13.2 Å². The predicted molar refractivity (Wildman–Crippen MR) is 140 cm³/mol. The average molecular weight is 507 g/mol. The van der Waals surface area contributed by atoms with E-state index in [1.165, 1.54) is 19.3 Å². The molecule has 0 atom stereocenters. The lowest BCUT2D eigenvalue weighted by molar-refractivity contribution is 0.0769. The second-order valence-electron chi connectivity index (χ2n) is 9.97. The molecule has 2 saturated heterocycles. The Labute approximate surface area is 217 Å². The molecule has 7 heteroatoms. The molecule has 6 nitrogen and oxygen atoms in total. The number of halogens is 1. The van der Waals surface area contributed by atoms with Crippen LogP contribution in [-0.4, -0.2) is 56.5 Å². The SMILES string of the molecule is COc1nc(-c2cccc(-c3ccc4c(c3)OCCO4)c2Cl)ccc1CN1CCC2(CCOC2)CC1. The smallest absolute Gasteiger partial charge is 0.218 e. The number of rotatable bonds is 5. The highest BCUT2D eigenvalue weighted by molar-refractivity contribution is 6.36. The van der Waals surface area contributed by atoms with Gasteiger partial charge in [-0.15, -0.1) is 0 Å². The number of likely N-dealkylation sites (tertiary alicyclic amines) is 1. The molecule has 0 bridgehead atoms. The molecule has 0 amide bonds. The van der Waals surface area contributed by atoms with E-state index < -0.39 is 0 Å². The lowest BCUT2D eigenvalue weighted by Gasteiger charge is -2.38. The number of fused-ring (bicyclic) bond motifs is 1. The quantitative estimate of drug-likeness (QED) is 0.432. The molecular formula is C29H31ClN2O4. The second kappa shape index (κ2) is 9.92. The van der Waals surface area contributed by atoms with Crippen LogP contribution in [0.15, 0.2) is 48.5 Å². The fourth-order valence-electron chi connectivity index (χ4n) is 5.55. The number of hydrogen-bond donors (Lipinski definition) is 0. The van der Waals surface area contributed by atoms with Gasteiger partial charge in [0.15, 0.2) is 11.5 Å². The maximum Gasteiger partial charge on any atom is 0.218 e. The number of methoxy groups -OCH3 is 1. The van der Waals surface area contributed by atoms with Crippen LogP contribution in [0.25, 0.3) is 22.4 Å². The van der Waals surface area contributed by atoms with Gasteiger partial charge in [-0.25, -0.2) is 4.98 Å². The Morgan fingerprint density at radius 3 is 2.53 bits per heavy atom. The topological polar surface area (TPSA) is 53.0 Å². The second-order valence-corrected chi connectivity index (χ2v) is 10.3. The van der Waals surface area contributed by atoms with Gasteiger partial charge in [0.2, 0.25) is 5.88 Å². The van der Waals surface area contributed by atoms with Crippen molar-refractivity contribution in [3.05, 3.63) is 59.1 Å². The van der Waals surface area contributed by atoms with Gasteiger partial charge < -0.3 is 18.9 Å². The number of nitrogens with zero attached hydrogens (tertiary/aromatic N) is 2. The first-order valence-corrected chi connectivity index (χ1v) is 13.0. The van der Waals surface area contributed by atoms with Crippen LogP contribution in [0.2, 0.25) is 5.02 Å². The zero-order valence-electron chi connectivity index (χ0n) is 20.6. The minimum atomic E-state index is 0.404. The highest BCUT2D eigenvalue weighted by Gasteiger charge is 2.38. The maximum atomic E-state index is 6.94. The summed E-state index contributed by atoms with van der Waals surface area (Å²) in [5, 5.41) is 0.650. The standard InChI is InChI=1S/C29H31ClN2O4/c1-33-28-21(18-32-12-9-29(10-13-32)11-14-34-19-29)5-7-24(31-28)23-4-2-3-22(27(23)30)20-6-8-25-26(17-20)36-16-15-35-25/h2-8,17H,9-16,18-19H2,1H3. The molecule has 3 aromatic rings. The van der Waals surface area contributed by atoms with Gasteiger partial charge in [-0.1, -0.05) is 41.9 Å². The summed E-state index contributed by atoms with van der Waals surface area (Å²) in [5.41, 5.74) is 5.07. The molecular weight excluding hydrogens is 476 g/mol. The van der Waals surface area contributed by atoms with E-state index in [4.69, 9.17) is 35.5 Å². The van der Waals surface area contributed by atoms with Crippen LogP contribution in [0.1, 0.15) is 24.8 Å². The molecule has 188 valence electrons. The summed E-state index contributed by atoms with van der Waals surface area (Å²) < 4.78 is 22.8. The highest BCUT2D eigenvalue weighted by atomic mass is 35.5. The fourth-order valence-corrected chi connectivity index (χ4v) is 5.88. The van der Waals surface area contributed by atoms with Crippen LogP contribution in [0.4, 0.5) is 0 Å². The van der Waals surface area contributed by atoms with Crippen LogP contribution < -0.4 is 14.2 Å². The van der Waals surface area contributed by atoms with E-state index in [1.807, 2.05) is 42.5 Å². The molecule has 0 N–H and O–H groups in total. The van der Waals surface area contributed by atoms with Crippen molar-refractivity contribution in [2.75, 3.05) is 46.6 Å². The van der Waals surface area contributed by atoms with Crippen molar-refractivity contribution in [3.8, 4) is 39.8 Å². The van der Waals surface area contributed by atoms with E-state index in [9.17, 15) is 0 Å². The Hall–Kier alpha value is -2.80. The van der Waals surface area contributed by atoms with Crippen LogP contribution >= 0.6 is 11.6 Å². The fraction of sp³-hybridized carbons (Fsp3) is 0.414. The molecule has 4 heterocycles. The van der Waals surface area contributed by atoms with Crippen LogP contribution in [0.5, 0.6) is 17.4 Å². The summed E-state index contributed by atoms with van der Waals surface area (Å²) in [6, 6.07) is 16.1. The highest BCUT2D eigenvalue weighted by Crippen LogP contribution is 2.41. The molecule has 0 unspecified atom stereocenters. The monoisotopic (exact) mass is 506 g/mol. The molecule has 1 spiro atoms. The minimum absolute atomic E-state index is 0.404. The van der Waals surface area contributed by atoms with Crippen molar-refractivity contribution < 1.29 is 18.9 Å². The number of ether oxygens (including phenoxy) is 4. The first kappa shape index (κ1) is 23.6. The summed E-state index contributed by atoms with van der Waals surface area (Å²) in [7, 11) is 1.68. The number of aromatic nitrogens is 1. The van der Waals surface area contributed by atoms with Crippen molar-refractivity contribution >= 4 is 11.6 Å². The Morgan fingerprint density at radius 1 is 0.944 bits per heavy atom. The third kappa shape index (κ3) is 4.54. The predicted octanol–water partition coefficient (Wildman–Crippen LogP) is 5.85. The largest absolute Gasteiger partial charge is 0.486 e. The summed E-state index contributed by atoms with van der Waals surface area (Å²) in [6.45, 7) is 5.95. The van der Waals surface area contributed by atoms with E-state index in [-0.39, 0.29) is 0 Å². The molecule has 0 radical (unpaired) electrons. The summed E-state index contributed by atoms with van der Waals surface area (Å²) in [6.07, 6.45) is 3.60. The van der Waals surface area contributed by atoms with Crippen LogP contribution in [0, 0.1) is 5.41 Å². The van der Waals surface area contributed by atoms with Gasteiger partial charge >= 0.3 is 0 Å². The summed E-state index contributed by atoms with van der Waals surface area (Å²) in [4.78, 5) is 7.36. The molecule has 6 rings (SSSR count). The molecule has 2 fully saturated rings. The Morgan fingerprint density at radius 2 is 1.75 bits per heavy atom. The first-order valence-electron chi connectivity index (χ1n) is 12.7. The molecule has 3 aliphatic rings. The van der Waals surface area contributed by atoms with Gasteiger partial charge in [-0.05, 0) is 61.5 Å². The Bertz CT molecular complexity index is 1250. The Balaban J connectivity index is 1.23. The third-order valence-electron chi connectivity index (χ3n) is 7.76. The summed E-state index contributed by atoms with van der Waals surface area (Å²) >= 11 is 6.94. The third-order valence-corrected chi connectivity index (χ3v) is 8.16. The maximum absolute atomic E-state index is 6.94. The van der Waals surface area contributed by atoms with E-state index in [2.05, 4.69) is 11.0 Å². The van der Waals surface area contributed by atoms with Gasteiger partial charge in [0, 0.05) is 29.8 Å². The first-order chi connectivity index (χ1) is 17.6.